The minimum absolute atomic E-state index is 0.126. The van der Waals surface area contributed by atoms with E-state index in [2.05, 4.69) is 12.2 Å². The Morgan fingerprint density at radius 3 is 2.65 bits per heavy atom. The van der Waals surface area contributed by atoms with E-state index in [1.807, 2.05) is 20.8 Å². The molecule has 1 aliphatic heterocycles. The molecule has 17 heavy (non-hydrogen) atoms. The smallest absolute Gasteiger partial charge is 0.323 e. The molecule has 0 spiro atoms. The Labute approximate surface area is 105 Å². The second kappa shape index (κ2) is 8.48. The van der Waals surface area contributed by atoms with Crippen LogP contribution in [0.3, 0.4) is 0 Å². The molecule has 4 heteroatoms. The van der Waals surface area contributed by atoms with Gasteiger partial charge in [0.15, 0.2) is 0 Å². The van der Waals surface area contributed by atoms with Gasteiger partial charge in [-0.05, 0) is 25.2 Å². The van der Waals surface area contributed by atoms with E-state index < -0.39 is 0 Å². The van der Waals surface area contributed by atoms with Gasteiger partial charge in [0.05, 0.1) is 6.61 Å². The highest BCUT2D eigenvalue weighted by molar-refractivity contribution is 5.76. The Kier molecular flexibility index (Phi) is 8.17. The number of methoxy groups -OCH3 is 1. The maximum Gasteiger partial charge on any atom is 0.323 e. The van der Waals surface area contributed by atoms with Crippen molar-refractivity contribution in [2.75, 3.05) is 26.9 Å². The van der Waals surface area contributed by atoms with Crippen LogP contribution in [-0.4, -0.2) is 38.9 Å². The third-order valence-electron chi connectivity index (χ3n) is 2.95. The fourth-order valence-corrected chi connectivity index (χ4v) is 1.96. The van der Waals surface area contributed by atoms with Crippen molar-refractivity contribution in [3.63, 3.8) is 0 Å². The number of hydrogen-bond donors (Lipinski definition) is 1. The molecule has 0 saturated carbocycles. The van der Waals surface area contributed by atoms with Gasteiger partial charge in [0.1, 0.15) is 6.04 Å². The number of carbonyl (C=O) groups is 1. The first kappa shape index (κ1) is 16.4. The minimum Gasteiger partial charge on any atom is -0.465 e. The molecule has 0 bridgehead atoms. The molecule has 0 aliphatic carbocycles. The lowest BCUT2D eigenvalue weighted by Gasteiger charge is -2.21. The molecule has 1 N–H and O–H groups in total. The Morgan fingerprint density at radius 1 is 1.47 bits per heavy atom. The lowest BCUT2D eigenvalue weighted by atomic mass is 9.85. The van der Waals surface area contributed by atoms with Crippen LogP contribution in [0.5, 0.6) is 0 Å². The van der Waals surface area contributed by atoms with Crippen LogP contribution in [0.1, 0.15) is 40.5 Å². The number of nitrogens with one attached hydrogen (secondary N) is 1. The Morgan fingerprint density at radius 2 is 2.12 bits per heavy atom. The fraction of sp³-hybridized carbons (Fsp3) is 0.923. The third kappa shape index (κ3) is 5.50. The highest BCUT2D eigenvalue weighted by atomic mass is 16.5. The molecule has 0 amide bonds. The van der Waals surface area contributed by atoms with E-state index in [-0.39, 0.29) is 17.4 Å². The van der Waals surface area contributed by atoms with Gasteiger partial charge in [0.25, 0.3) is 0 Å². The molecule has 1 heterocycles. The number of rotatable bonds is 5. The van der Waals surface area contributed by atoms with E-state index in [0.29, 0.717) is 6.61 Å². The normalized spacial score (nSPS) is 27.2. The first-order valence-electron chi connectivity index (χ1n) is 6.50. The molecule has 0 radical (unpaired) electrons. The quantitative estimate of drug-likeness (QED) is 0.752. The molecule has 1 fully saturated rings. The largest absolute Gasteiger partial charge is 0.465 e. The summed E-state index contributed by atoms with van der Waals surface area (Å²) in [6.07, 6.45) is 1.82. The van der Waals surface area contributed by atoms with Crippen LogP contribution in [0.2, 0.25) is 0 Å². The van der Waals surface area contributed by atoms with Gasteiger partial charge in [-0.1, -0.05) is 20.8 Å². The summed E-state index contributed by atoms with van der Waals surface area (Å²) in [4.78, 5) is 11.5. The first-order chi connectivity index (χ1) is 8.11. The van der Waals surface area contributed by atoms with E-state index in [1.165, 1.54) is 0 Å². The molecule has 1 aliphatic rings. The molecule has 1 saturated heterocycles. The van der Waals surface area contributed by atoms with Gasteiger partial charge >= 0.3 is 5.97 Å². The average molecular weight is 245 g/mol. The zero-order chi connectivity index (χ0) is 13.3. The molecule has 1 rings (SSSR count). The summed E-state index contributed by atoms with van der Waals surface area (Å²) in [6.45, 7) is 10.1. The summed E-state index contributed by atoms with van der Waals surface area (Å²) in [6, 6.07) is -0.133. The zero-order valence-corrected chi connectivity index (χ0v) is 11.8. The molecular weight excluding hydrogens is 218 g/mol. The molecule has 0 aromatic carbocycles. The van der Waals surface area contributed by atoms with E-state index in [4.69, 9.17) is 9.47 Å². The minimum atomic E-state index is -0.133. The maximum absolute atomic E-state index is 11.5. The number of esters is 1. The second-order valence-corrected chi connectivity index (χ2v) is 4.44. The standard InChI is InChI=1S/C11H21NO3.C2H6/c1-4-15-10(13)9-7-11(2,8-12-9)5-6-14-3;1-2/h9,12H,4-8H2,1-3H3;1-2H3. The van der Waals surface area contributed by atoms with E-state index in [9.17, 15) is 4.79 Å². The summed E-state index contributed by atoms with van der Waals surface area (Å²) in [5, 5.41) is 3.21. The maximum atomic E-state index is 11.5. The second-order valence-electron chi connectivity index (χ2n) is 4.44. The van der Waals surface area contributed by atoms with E-state index in [1.54, 1.807) is 7.11 Å². The van der Waals surface area contributed by atoms with Crippen LogP contribution in [0.4, 0.5) is 0 Å². The zero-order valence-electron chi connectivity index (χ0n) is 11.8. The molecule has 0 aromatic heterocycles. The highest BCUT2D eigenvalue weighted by Gasteiger charge is 2.38. The van der Waals surface area contributed by atoms with Crippen LogP contribution in [0, 0.1) is 5.41 Å². The molecule has 2 atom stereocenters. The summed E-state index contributed by atoms with van der Waals surface area (Å²) in [5.74, 6) is -0.126. The molecule has 2 unspecified atom stereocenters. The van der Waals surface area contributed by atoms with Crippen molar-refractivity contribution in [3.8, 4) is 0 Å². The van der Waals surface area contributed by atoms with Gasteiger partial charge in [-0.2, -0.15) is 0 Å². The Bertz CT molecular complexity index is 221. The van der Waals surface area contributed by atoms with Crippen LogP contribution in [-0.2, 0) is 14.3 Å². The lowest BCUT2D eigenvalue weighted by Crippen LogP contribution is -2.32. The summed E-state index contributed by atoms with van der Waals surface area (Å²) in [7, 11) is 1.70. The van der Waals surface area contributed by atoms with Crippen molar-refractivity contribution >= 4 is 5.97 Å². The summed E-state index contributed by atoms with van der Waals surface area (Å²) in [5.41, 5.74) is 0.160. The predicted molar refractivity (Wildman–Crippen MR) is 69.0 cm³/mol. The molecule has 4 nitrogen and oxygen atoms in total. The van der Waals surface area contributed by atoms with Crippen LogP contribution >= 0.6 is 0 Å². The number of hydrogen-bond acceptors (Lipinski definition) is 4. The summed E-state index contributed by atoms with van der Waals surface area (Å²) < 4.78 is 10.1. The van der Waals surface area contributed by atoms with E-state index in [0.717, 1.165) is 26.0 Å². The fourth-order valence-electron chi connectivity index (χ4n) is 1.96. The SMILES string of the molecule is CC.CCOC(=O)C1CC(C)(CCOC)CN1. The van der Waals surface area contributed by atoms with Crippen LogP contribution in [0.15, 0.2) is 0 Å². The van der Waals surface area contributed by atoms with Crippen molar-refractivity contribution in [2.45, 2.75) is 46.6 Å². The van der Waals surface area contributed by atoms with Gasteiger partial charge in [-0.15, -0.1) is 0 Å². The van der Waals surface area contributed by atoms with Crippen molar-refractivity contribution in [1.29, 1.82) is 0 Å². The van der Waals surface area contributed by atoms with Crippen molar-refractivity contribution < 1.29 is 14.3 Å². The van der Waals surface area contributed by atoms with E-state index >= 15 is 0 Å². The molecule has 0 aromatic rings. The van der Waals surface area contributed by atoms with Gasteiger partial charge in [-0.25, -0.2) is 0 Å². The van der Waals surface area contributed by atoms with Gasteiger partial charge in [0, 0.05) is 20.3 Å². The first-order valence-corrected chi connectivity index (χ1v) is 6.50. The average Bonchev–Trinajstić information content (AvgIpc) is 2.73. The number of ether oxygens (including phenoxy) is 2. The van der Waals surface area contributed by atoms with Gasteiger partial charge in [-0.3, -0.25) is 4.79 Å². The van der Waals surface area contributed by atoms with Gasteiger partial charge < -0.3 is 14.8 Å². The van der Waals surface area contributed by atoms with Gasteiger partial charge in [0.2, 0.25) is 0 Å². The lowest BCUT2D eigenvalue weighted by molar-refractivity contribution is -0.145. The Hall–Kier alpha value is -0.610. The topological polar surface area (TPSA) is 47.6 Å². The third-order valence-corrected chi connectivity index (χ3v) is 2.95. The highest BCUT2D eigenvalue weighted by Crippen LogP contribution is 2.32. The molecule has 102 valence electrons. The van der Waals surface area contributed by atoms with Crippen molar-refractivity contribution in [3.05, 3.63) is 0 Å². The van der Waals surface area contributed by atoms with Crippen molar-refractivity contribution in [1.82, 2.24) is 5.32 Å². The predicted octanol–water partition coefficient (Wildman–Crippen LogP) is 1.98. The molecular formula is C13H27NO3. The van der Waals surface area contributed by atoms with Crippen LogP contribution in [0.25, 0.3) is 0 Å². The summed E-state index contributed by atoms with van der Waals surface area (Å²) >= 11 is 0. The van der Waals surface area contributed by atoms with Crippen LogP contribution < -0.4 is 5.32 Å². The number of carbonyl (C=O) groups excluding carboxylic acids is 1. The Balaban J connectivity index is 0.00000121. The van der Waals surface area contributed by atoms with Crippen molar-refractivity contribution in [2.24, 2.45) is 5.41 Å². The monoisotopic (exact) mass is 245 g/mol.